The minimum absolute atomic E-state index is 0.0217. The first-order chi connectivity index (χ1) is 7.10. The molecule has 1 N–H and O–H groups in total. The molecule has 0 aliphatic carbocycles. The molecule has 0 radical (unpaired) electrons. The summed E-state index contributed by atoms with van der Waals surface area (Å²) in [6, 6.07) is 2.94. The van der Waals surface area contributed by atoms with Crippen molar-refractivity contribution in [1.29, 1.82) is 5.26 Å². The van der Waals surface area contributed by atoms with Crippen LogP contribution in [0.3, 0.4) is 0 Å². The summed E-state index contributed by atoms with van der Waals surface area (Å²) >= 11 is 5.50. The van der Waals surface area contributed by atoms with E-state index in [1.54, 1.807) is 0 Å². The zero-order chi connectivity index (χ0) is 11.4. The largest absolute Gasteiger partial charge is 0.506 e. The second-order valence-corrected chi connectivity index (χ2v) is 3.04. The number of hydrogen-bond donors (Lipinski definition) is 1. The number of pyridine rings is 1. The number of rotatable bonds is 3. The molecule has 1 heterocycles. The van der Waals surface area contributed by atoms with E-state index in [0.717, 1.165) is 6.07 Å². The molecular weight excluding hydrogens is 226 g/mol. The van der Waals surface area contributed by atoms with Gasteiger partial charge >= 0.3 is 0 Å². The maximum absolute atomic E-state index is 12.3. The molecule has 0 saturated carbocycles. The molecule has 0 unspecified atom stereocenters. The third-order valence-corrected chi connectivity index (χ3v) is 2.06. The summed E-state index contributed by atoms with van der Waals surface area (Å²) in [5.41, 5.74) is -0.131. The van der Waals surface area contributed by atoms with Gasteiger partial charge in [-0.3, -0.25) is 0 Å². The molecule has 15 heavy (non-hydrogen) atoms. The van der Waals surface area contributed by atoms with Gasteiger partial charge < -0.3 is 5.11 Å². The van der Waals surface area contributed by atoms with Gasteiger partial charge in [0.1, 0.15) is 11.4 Å². The monoisotopic (exact) mass is 232 g/mol. The lowest BCUT2D eigenvalue weighted by atomic mass is 10.1. The molecular formula is C9H7ClF2N2O. The van der Waals surface area contributed by atoms with Crippen LogP contribution in [0.25, 0.3) is 0 Å². The number of hydrogen-bond acceptors (Lipinski definition) is 3. The Kier molecular flexibility index (Phi) is 3.81. The van der Waals surface area contributed by atoms with Crippen molar-refractivity contribution in [3.63, 3.8) is 0 Å². The highest BCUT2D eigenvalue weighted by Crippen LogP contribution is 2.28. The van der Waals surface area contributed by atoms with Crippen molar-refractivity contribution >= 4 is 11.6 Å². The van der Waals surface area contributed by atoms with Gasteiger partial charge in [0, 0.05) is 0 Å². The van der Waals surface area contributed by atoms with Gasteiger partial charge in [-0.1, -0.05) is 0 Å². The first-order valence-corrected chi connectivity index (χ1v) is 4.56. The number of aromatic hydroxyl groups is 1. The maximum atomic E-state index is 12.3. The number of nitrogens with zero attached hydrogens (tertiary/aromatic N) is 2. The number of aromatic nitrogens is 1. The van der Waals surface area contributed by atoms with Crippen molar-refractivity contribution in [2.24, 2.45) is 0 Å². The van der Waals surface area contributed by atoms with Gasteiger partial charge in [0.25, 0.3) is 6.43 Å². The Bertz CT molecular complexity index is 404. The quantitative estimate of drug-likeness (QED) is 0.815. The summed E-state index contributed by atoms with van der Waals surface area (Å²) < 4.78 is 24.7. The second kappa shape index (κ2) is 4.89. The van der Waals surface area contributed by atoms with Crippen LogP contribution < -0.4 is 0 Å². The van der Waals surface area contributed by atoms with Crippen LogP contribution in [0.1, 0.15) is 23.4 Å². The van der Waals surface area contributed by atoms with Crippen molar-refractivity contribution in [1.82, 2.24) is 4.98 Å². The van der Waals surface area contributed by atoms with E-state index in [0.29, 0.717) is 5.56 Å². The van der Waals surface area contributed by atoms with Crippen LogP contribution in [0.15, 0.2) is 6.07 Å². The zero-order valence-corrected chi connectivity index (χ0v) is 8.30. The maximum Gasteiger partial charge on any atom is 0.284 e. The summed E-state index contributed by atoms with van der Waals surface area (Å²) in [5, 5.41) is 17.7. The summed E-state index contributed by atoms with van der Waals surface area (Å²) in [5.74, 6) is -0.680. The molecule has 1 aromatic rings. The summed E-state index contributed by atoms with van der Waals surface area (Å²) in [7, 11) is 0. The van der Waals surface area contributed by atoms with Gasteiger partial charge in [0.15, 0.2) is 0 Å². The molecule has 80 valence electrons. The topological polar surface area (TPSA) is 56.9 Å². The predicted molar refractivity (Wildman–Crippen MR) is 49.7 cm³/mol. The molecule has 1 rings (SSSR count). The Morgan fingerprint density at radius 3 is 2.73 bits per heavy atom. The van der Waals surface area contributed by atoms with Gasteiger partial charge in [-0.2, -0.15) is 5.26 Å². The van der Waals surface area contributed by atoms with Gasteiger partial charge in [0.05, 0.1) is 24.1 Å². The van der Waals surface area contributed by atoms with Crippen LogP contribution in [0.2, 0.25) is 0 Å². The fraction of sp³-hybridized carbons (Fsp3) is 0.333. The highest BCUT2D eigenvalue weighted by atomic mass is 35.5. The second-order valence-electron chi connectivity index (χ2n) is 2.77. The van der Waals surface area contributed by atoms with E-state index in [2.05, 4.69) is 4.98 Å². The lowest BCUT2D eigenvalue weighted by Crippen LogP contribution is -2.00. The third-order valence-electron chi connectivity index (χ3n) is 1.80. The number of halogens is 3. The Morgan fingerprint density at radius 1 is 1.60 bits per heavy atom. The molecule has 3 nitrogen and oxygen atoms in total. The fourth-order valence-corrected chi connectivity index (χ4v) is 1.34. The van der Waals surface area contributed by atoms with E-state index >= 15 is 0 Å². The van der Waals surface area contributed by atoms with E-state index < -0.39 is 17.9 Å². The average molecular weight is 233 g/mol. The number of alkyl halides is 3. The van der Waals surface area contributed by atoms with E-state index in [4.69, 9.17) is 16.9 Å². The summed E-state index contributed by atoms with van der Waals surface area (Å²) in [6.07, 6.45) is -2.88. The van der Waals surface area contributed by atoms with E-state index in [-0.39, 0.29) is 18.0 Å². The van der Waals surface area contributed by atoms with E-state index in [9.17, 15) is 13.9 Å². The van der Waals surface area contributed by atoms with Crippen molar-refractivity contribution in [2.45, 2.75) is 18.7 Å². The Balaban J connectivity index is 3.24. The summed E-state index contributed by atoms with van der Waals surface area (Å²) in [4.78, 5) is 3.53. The molecule has 0 fully saturated rings. The molecule has 0 bridgehead atoms. The Labute approximate surface area is 89.9 Å². The zero-order valence-electron chi connectivity index (χ0n) is 7.54. The third kappa shape index (κ3) is 2.54. The molecule has 1 aromatic heterocycles. The minimum Gasteiger partial charge on any atom is -0.506 e. The first kappa shape index (κ1) is 11.7. The van der Waals surface area contributed by atoms with Crippen LogP contribution >= 0.6 is 11.6 Å². The molecule has 0 atom stereocenters. The molecule has 0 spiro atoms. The van der Waals surface area contributed by atoms with E-state index in [1.165, 1.54) is 0 Å². The lowest BCUT2D eigenvalue weighted by Gasteiger charge is -2.08. The average Bonchev–Trinajstić information content (AvgIpc) is 2.18. The van der Waals surface area contributed by atoms with Crippen LogP contribution in [0, 0.1) is 11.3 Å². The van der Waals surface area contributed by atoms with Crippen molar-refractivity contribution in [2.75, 3.05) is 0 Å². The van der Waals surface area contributed by atoms with Gasteiger partial charge in [-0.05, 0) is 11.6 Å². The van der Waals surface area contributed by atoms with Crippen LogP contribution in [-0.2, 0) is 12.3 Å². The smallest absolute Gasteiger partial charge is 0.284 e. The molecule has 0 aliphatic heterocycles. The van der Waals surface area contributed by atoms with Crippen LogP contribution in [0.4, 0.5) is 8.78 Å². The predicted octanol–water partition coefficient (Wildman–Crippen LogP) is 2.53. The van der Waals surface area contributed by atoms with Crippen LogP contribution in [0.5, 0.6) is 5.75 Å². The Morgan fingerprint density at radius 2 is 2.27 bits per heavy atom. The summed E-state index contributed by atoms with van der Waals surface area (Å²) in [6.45, 7) is 0. The molecule has 0 aromatic carbocycles. The minimum atomic E-state index is -2.86. The van der Waals surface area contributed by atoms with Gasteiger partial charge in [-0.15, -0.1) is 11.6 Å². The molecule has 0 aliphatic rings. The highest BCUT2D eigenvalue weighted by molar-refractivity contribution is 6.17. The Hall–Kier alpha value is -1.41. The molecule has 6 heteroatoms. The SMILES string of the molecule is N#CCc1cc(O)c(C(F)F)nc1CCl. The van der Waals surface area contributed by atoms with Crippen LogP contribution in [-0.4, -0.2) is 10.1 Å². The molecule has 0 saturated heterocycles. The van der Waals surface area contributed by atoms with Crippen molar-refractivity contribution in [3.8, 4) is 11.8 Å². The van der Waals surface area contributed by atoms with Crippen molar-refractivity contribution < 1.29 is 13.9 Å². The molecule has 0 amide bonds. The first-order valence-electron chi connectivity index (χ1n) is 4.02. The lowest BCUT2D eigenvalue weighted by molar-refractivity contribution is 0.141. The standard InChI is InChI=1S/C9H7ClF2N2O/c10-4-6-5(1-2-13)3-7(15)8(14-6)9(11)12/h3,9,15H,1,4H2. The number of nitriles is 1. The van der Waals surface area contributed by atoms with Crippen molar-refractivity contribution in [3.05, 3.63) is 23.0 Å². The normalized spacial score (nSPS) is 10.3. The fourth-order valence-electron chi connectivity index (χ4n) is 1.11. The van der Waals surface area contributed by atoms with Gasteiger partial charge in [0.2, 0.25) is 0 Å². The van der Waals surface area contributed by atoms with Gasteiger partial charge in [-0.25, -0.2) is 13.8 Å². The highest BCUT2D eigenvalue weighted by Gasteiger charge is 2.17. The van der Waals surface area contributed by atoms with E-state index in [1.807, 2.05) is 6.07 Å².